The zero-order valence-corrected chi connectivity index (χ0v) is 20.4. The molecule has 0 heterocycles. The molecule has 2 rings (SSSR count). The molecule has 1 fully saturated rings. The summed E-state index contributed by atoms with van der Waals surface area (Å²) in [6, 6.07) is 5.19. The molecule has 1 aromatic rings. The van der Waals surface area contributed by atoms with Gasteiger partial charge in [-0.3, -0.25) is 0 Å². The molecule has 1 unspecified atom stereocenters. The van der Waals surface area contributed by atoms with Gasteiger partial charge < -0.3 is 15.2 Å². The van der Waals surface area contributed by atoms with Gasteiger partial charge in [-0.1, -0.05) is 87.3 Å². The summed E-state index contributed by atoms with van der Waals surface area (Å²) < 4.78 is 6.38. The molecule has 0 amide bonds. The lowest BCUT2D eigenvalue weighted by Gasteiger charge is -2.33. The molecule has 29 heavy (non-hydrogen) atoms. The normalized spacial score (nSPS) is 17.6. The van der Waals surface area contributed by atoms with Gasteiger partial charge in [-0.15, -0.1) is 0 Å². The van der Waals surface area contributed by atoms with Crippen LogP contribution in [0.1, 0.15) is 105 Å². The fourth-order valence-electron chi connectivity index (χ4n) is 4.00. The highest BCUT2D eigenvalue weighted by molar-refractivity contribution is 5.52. The van der Waals surface area contributed by atoms with Crippen LogP contribution in [0, 0.1) is 0 Å². The molecule has 1 aliphatic carbocycles. The molecule has 0 bridgehead atoms. The Hall–Kier alpha value is -1.06. The zero-order valence-electron chi connectivity index (χ0n) is 20.4. The molecule has 1 aromatic carbocycles. The largest absolute Gasteiger partial charge is 0.490 e. The molecule has 166 valence electrons. The van der Waals surface area contributed by atoms with Crippen molar-refractivity contribution < 1.29 is 9.84 Å². The monoisotopic (exact) mass is 403 g/mol. The average Bonchev–Trinajstić information content (AvgIpc) is 3.08. The van der Waals surface area contributed by atoms with Crippen LogP contribution in [0.15, 0.2) is 12.1 Å². The molecule has 3 nitrogen and oxygen atoms in total. The Morgan fingerprint density at radius 1 is 0.897 bits per heavy atom. The second-order valence-electron chi connectivity index (χ2n) is 12.0. The van der Waals surface area contributed by atoms with Crippen LogP contribution in [0.2, 0.25) is 0 Å². The van der Waals surface area contributed by atoms with Crippen LogP contribution in [0.4, 0.5) is 0 Å². The van der Waals surface area contributed by atoms with Crippen LogP contribution in [0.3, 0.4) is 0 Å². The minimum absolute atomic E-state index is 0.0381. The first kappa shape index (κ1) is 24.2. The average molecular weight is 404 g/mol. The molecule has 0 spiro atoms. The fourth-order valence-corrected chi connectivity index (χ4v) is 4.00. The lowest BCUT2D eigenvalue weighted by molar-refractivity contribution is 0.101. The first-order valence-electron chi connectivity index (χ1n) is 11.4. The third-order valence-corrected chi connectivity index (χ3v) is 5.99. The second kappa shape index (κ2) is 8.98. The summed E-state index contributed by atoms with van der Waals surface area (Å²) in [5.41, 5.74) is 3.79. The summed E-state index contributed by atoms with van der Waals surface area (Å²) in [6.07, 6.45) is 4.55. The van der Waals surface area contributed by atoms with Crippen molar-refractivity contribution in [1.29, 1.82) is 0 Å². The van der Waals surface area contributed by atoms with Gasteiger partial charge in [-0.2, -0.15) is 0 Å². The number of benzene rings is 1. The lowest BCUT2D eigenvalue weighted by Crippen LogP contribution is -2.37. The summed E-state index contributed by atoms with van der Waals surface area (Å²) in [5, 5.41) is 14.1. The topological polar surface area (TPSA) is 41.5 Å². The maximum atomic E-state index is 10.6. The lowest BCUT2D eigenvalue weighted by atomic mass is 9.74. The molecule has 0 saturated heterocycles. The summed E-state index contributed by atoms with van der Waals surface area (Å²) in [4.78, 5) is 0. The highest BCUT2D eigenvalue weighted by Gasteiger charge is 2.30. The van der Waals surface area contributed by atoms with E-state index in [0.717, 1.165) is 5.75 Å². The second-order valence-corrected chi connectivity index (χ2v) is 12.0. The molecule has 1 atom stereocenters. The summed E-state index contributed by atoms with van der Waals surface area (Å²) in [7, 11) is 0. The van der Waals surface area contributed by atoms with E-state index < -0.39 is 6.10 Å². The Labute approximate surface area is 179 Å². The Morgan fingerprint density at radius 2 is 1.38 bits per heavy atom. The predicted molar refractivity (Wildman–Crippen MR) is 124 cm³/mol. The van der Waals surface area contributed by atoms with Crippen LogP contribution < -0.4 is 10.1 Å². The predicted octanol–water partition coefficient (Wildman–Crippen LogP) is 5.85. The van der Waals surface area contributed by atoms with Crippen LogP contribution in [0.5, 0.6) is 5.75 Å². The summed E-state index contributed by atoms with van der Waals surface area (Å²) in [5.74, 6) is 0.956. The van der Waals surface area contributed by atoms with Gasteiger partial charge in [0.1, 0.15) is 18.5 Å². The molecule has 1 aliphatic rings. The Morgan fingerprint density at radius 3 is 1.79 bits per heavy atom. The standard InChI is InChI=1S/C26H45NO2/c1-24(2,3)18-14-21(25(4,5)6)23(22(15-18)26(7,8)9)29-17-20(28)16-27-19-12-10-11-13-19/h14-15,19-20,27-28H,10-13,16-17H2,1-9H3. The molecule has 0 radical (unpaired) electrons. The van der Waals surface area contributed by atoms with Gasteiger partial charge in [0.25, 0.3) is 0 Å². The number of nitrogens with one attached hydrogen (secondary N) is 1. The van der Waals surface area contributed by atoms with Crippen LogP contribution >= 0.6 is 0 Å². The highest BCUT2D eigenvalue weighted by atomic mass is 16.5. The fraction of sp³-hybridized carbons (Fsp3) is 0.769. The van der Waals surface area contributed by atoms with Crippen molar-refractivity contribution in [2.45, 2.75) is 116 Å². The number of hydrogen-bond donors (Lipinski definition) is 2. The van der Waals surface area contributed by atoms with Crippen molar-refractivity contribution in [3.05, 3.63) is 28.8 Å². The van der Waals surface area contributed by atoms with Gasteiger partial charge in [0.2, 0.25) is 0 Å². The Balaban J connectivity index is 2.30. The Kier molecular flexibility index (Phi) is 7.49. The van der Waals surface area contributed by atoms with Gasteiger partial charge in [0.15, 0.2) is 0 Å². The molecule has 2 N–H and O–H groups in total. The minimum atomic E-state index is -0.501. The summed E-state index contributed by atoms with van der Waals surface area (Å²) >= 11 is 0. The third-order valence-electron chi connectivity index (χ3n) is 5.99. The van der Waals surface area contributed by atoms with Crippen molar-refractivity contribution in [2.24, 2.45) is 0 Å². The maximum Gasteiger partial charge on any atom is 0.126 e. The van der Waals surface area contributed by atoms with Gasteiger partial charge in [-0.25, -0.2) is 0 Å². The first-order valence-corrected chi connectivity index (χ1v) is 11.4. The van der Waals surface area contributed by atoms with E-state index in [-0.39, 0.29) is 16.2 Å². The quantitative estimate of drug-likeness (QED) is 0.626. The van der Waals surface area contributed by atoms with Crippen molar-refractivity contribution in [3.8, 4) is 5.75 Å². The Bertz CT molecular complexity index is 632. The third kappa shape index (κ3) is 6.72. The van der Waals surface area contributed by atoms with Crippen molar-refractivity contribution in [3.63, 3.8) is 0 Å². The van der Waals surface area contributed by atoms with E-state index in [1.54, 1.807) is 0 Å². The van der Waals surface area contributed by atoms with Crippen molar-refractivity contribution >= 4 is 0 Å². The number of aliphatic hydroxyl groups is 1. The van der Waals surface area contributed by atoms with Gasteiger partial charge in [-0.05, 0) is 34.7 Å². The van der Waals surface area contributed by atoms with Crippen molar-refractivity contribution in [2.75, 3.05) is 13.2 Å². The number of rotatable bonds is 6. The zero-order chi connectivity index (χ0) is 22.0. The molecule has 3 heteroatoms. The SMILES string of the molecule is CC(C)(C)c1cc(C(C)(C)C)c(OCC(O)CNC2CCCC2)c(C(C)(C)C)c1. The van der Waals surface area contributed by atoms with Crippen LogP contribution in [0.25, 0.3) is 0 Å². The minimum Gasteiger partial charge on any atom is -0.490 e. The maximum absolute atomic E-state index is 10.6. The highest BCUT2D eigenvalue weighted by Crippen LogP contribution is 2.42. The van der Waals surface area contributed by atoms with Gasteiger partial charge in [0, 0.05) is 23.7 Å². The van der Waals surface area contributed by atoms with E-state index in [4.69, 9.17) is 4.74 Å². The van der Waals surface area contributed by atoms with E-state index in [9.17, 15) is 5.11 Å². The summed E-state index contributed by atoms with van der Waals surface area (Å²) in [6.45, 7) is 21.2. The van der Waals surface area contributed by atoms with Crippen molar-refractivity contribution in [1.82, 2.24) is 5.32 Å². The first-order chi connectivity index (χ1) is 13.2. The van der Waals surface area contributed by atoms with E-state index in [1.165, 1.54) is 42.4 Å². The molecule has 0 aromatic heterocycles. The van der Waals surface area contributed by atoms with Gasteiger partial charge >= 0.3 is 0 Å². The van der Waals surface area contributed by atoms with Crippen LogP contribution in [-0.4, -0.2) is 30.4 Å². The number of hydrogen-bond acceptors (Lipinski definition) is 3. The molecular weight excluding hydrogens is 358 g/mol. The smallest absolute Gasteiger partial charge is 0.126 e. The number of aliphatic hydroxyl groups excluding tert-OH is 1. The van der Waals surface area contributed by atoms with E-state index in [0.29, 0.717) is 19.2 Å². The van der Waals surface area contributed by atoms with E-state index in [2.05, 4.69) is 79.8 Å². The number of ether oxygens (including phenoxy) is 1. The van der Waals surface area contributed by atoms with Crippen LogP contribution in [-0.2, 0) is 16.2 Å². The van der Waals surface area contributed by atoms with E-state index in [1.807, 2.05) is 0 Å². The van der Waals surface area contributed by atoms with Gasteiger partial charge in [0.05, 0.1) is 0 Å². The molecule has 0 aliphatic heterocycles. The molecular formula is C26H45NO2. The van der Waals surface area contributed by atoms with E-state index >= 15 is 0 Å². The molecule has 1 saturated carbocycles.